The monoisotopic (exact) mass is 311 g/mol. The molecule has 0 amide bonds. The maximum Gasteiger partial charge on any atom is 0.241 e. The van der Waals surface area contributed by atoms with E-state index >= 15 is 0 Å². The van der Waals surface area contributed by atoms with Gasteiger partial charge in [0.25, 0.3) is 0 Å². The third-order valence-electron chi connectivity index (χ3n) is 2.89. The first-order valence-electron chi connectivity index (χ1n) is 6.35. The number of aliphatic hydroxyl groups is 1. The van der Waals surface area contributed by atoms with E-state index in [0.29, 0.717) is 12.8 Å². The Balaban J connectivity index is 2.19. The van der Waals surface area contributed by atoms with Gasteiger partial charge >= 0.3 is 0 Å². The van der Waals surface area contributed by atoms with Crippen molar-refractivity contribution >= 4 is 21.4 Å². The molecule has 1 aromatic carbocycles. The van der Waals surface area contributed by atoms with Crippen molar-refractivity contribution in [1.82, 2.24) is 4.72 Å². The first kappa shape index (κ1) is 15.2. The lowest BCUT2D eigenvalue weighted by molar-refractivity contribution is 0.278. The maximum atomic E-state index is 12.3. The second kappa shape index (κ2) is 6.99. The zero-order valence-electron chi connectivity index (χ0n) is 10.9. The van der Waals surface area contributed by atoms with Gasteiger partial charge in [-0.05, 0) is 36.4 Å². The number of nitrogens with one attached hydrogen (secondary N) is 1. The molecule has 1 aromatic heterocycles. The Morgan fingerprint density at radius 3 is 2.50 bits per heavy atom. The summed E-state index contributed by atoms with van der Waals surface area (Å²) in [6.45, 7) is 0.0505. The smallest absolute Gasteiger partial charge is 0.241 e. The molecule has 0 spiro atoms. The van der Waals surface area contributed by atoms with E-state index in [1.54, 1.807) is 30.3 Å². The summed E-state index contributed by atoms with van der Waals surface area (Å²) >= 11 is 1.51. The van der Waals surface area contributed by atoms with Crippen molar-refractivity contribution in [3.05, 3.63) is 52.7 Å². The minimum Gasteiger partial charge on any atom is -0.396 e. The average molecular weight is 311 g/mol. The number of hydrogen-bond donors (Lipinski definition) is 2. The van der Waals surface area contributed by atoms with Crippen LogP contribution in [-0.4, -0.2) is 20.1 Å². The van der Waals surface area contributed by atoms with Crippen LogP contribution < -0.4 is 4.72 Å². The van der Waals surface area contributed by atoms with E-state index in [1.807, 2.05) is 17.5 Å². The summed E-state index contributed by atoms with van der Waals surface area (Å²) in [7, 11) is -3.54. The van der Waals surface area contributed by atoms with Gasteiger partial charge in [0.1, 0.15) is 0 Å². The second-order valence-electron chi connectivity index (χ2n) is 4.37. The Bertz CT molecular complexity index is 609. The van der Waals surface area contributed by atoms with Crippen molar-refractivity contribution in [2.24, 2.45) is 0 Å². The number of rotatable bonds is 7. The molecule has 1 atom stereocenters. The Labute approximate surface area is 123 Å². The molecule has 108 valence electrons. The van der Waals surface area contributed by atoms with E-state index in [0.717, 1.165) is 4.88 Å². The minimum absolute atomic E-state index is 0.0505. The number of sulfonamides is 1. The van der Waals surface area contributed by atoms with Gasteiger partial charge in [0.15, 0.2) is 0 Å². The van der Waals surface area contributed by atoms with Gasteiger partial charge in [-0.3, -0.25) is 0 Å². The minimum atomic E-state index is -3.54. The molecule has 0 aliphatic heterocycles. The van der Waals surface area contributed by atoms with Crippen molar-refractivity contribution in [3.8, 4) is 0 Å². The Hall–Kier alpha value is -1.21. The van der Waals surface area contributed by atoms with Crippen LogP contribution >= 0.6 is 11.3 Å². The molecule has 0 saturated carbocycles. The molecule has 0 aliphatic rings. The van der Waals surface area contributed by atoms with Crippen LogP contribution in [0, 0.1) is 0 Å². The zero-order chi connectivity index (χ0) is 14.4. The summed E-state index contributed by atoms with van der Waals surface area (Å²) in [5.41, 5.74) is 0. The predicted octanol–water partition coefficient (Wildman–Crippen LogP) is 2.54. The molecule has 2 N–H and O–H groups in total. The van der Waals surface area contributed by atoms with Crippen LogP contribution in [0.15, 0.2) is 52.7 Å². The van der Waals surface area contributed by atoms with Crippen LogP contribution in [0.1, 0.15) is 23.8 Å². The third-order valence-corrected chi connectivity index (χ3v) is 5.36. The molecule has 2 rings (SSSR count). The highest BCUT2D eigenvalue weighted by atomic mass is 32.2. The fraction of sp³-hybridized carbons (Fsp3) is 0.286. The fourth-order valence-electron chi connectivity index (χ4n) is 1.90. The Morgan fingerprint density at radius 2 is 1.90 bits per heavy atom. The second-order valence-corrected chi connectivity index (χ2v) is 7.06. The summed E-state index contributed by atoms with van der Waals surface area (Å²) in [4.78, 5) is 1.21. The highest BCUT2D eigenvalue weighted by Gasteiger charge is 2.21. The fourth-order valence-corrected chi connectivity index (χ4v) is 4.06. The molecular formula is C14H17NO3S2. The molecule has 0 bridgehead atoms. The van der Waals surface area contributed by atoms with Gasteiger partial charge in [0.2, 0.25) is 10.0 Å². The molecule has 6 heteroatoms. The summed E-state index contributed by atoms with van der Waals surface area (Å²) in [5, 5.41) is 10.9. The van der Waals surface area contributed by atoms with Gasteiger partial charge < -0.3 is 5.11 Å². The summed E-state index contributed by atoms with van der Waals surface area (Å²) in [6.07, 6.45) is 1.13. The highest BCUT2D eigenvalue weighted by Crippen LogP contribution is 2.25. The van der Waals surface area contributed by atoms with Crippen molar-refractivity contribution < 1.29 is 13.5 Å². The van der Waals surface area contributed by atoms with Gasteiger partial charge in [-0.1, -0.05) is 24.3 Å². The Kier molecular flexibility index (Phi) is 5.31. The average Bonchev–Trinajstić information content (AvgIpc) is 2.98. The van der Waals surface area contributed by atoms with Crippen LogP contribution in [0.4, 0.5) is 0 Å². The summed E-state index contributed by atoms with van der Waals surface area (Å²) < 4.78 is 27.4. The molecule has 2 aromatic rings. The molecule has 0 aliphatic carbocycles. The quantitative estimate of drug-likeness (QED) is 0.826. The molecule has 0 saturated heterocycles. The van der Waals surface area contributed by atoms with E-state index in [1.165, 1.54) is 11.3 Å². The van der Waals surface area contributed by atoms with Gasteiger partial charge in [-0.25, -0.2) is 13.1 Å². The molecule has 1 heterocycles. The van der Waals surface area contributed by atoms with Crippen molar-refractivity contribution in [1.29, 1.82) is 0 Å². The van der Waals surface area contributed by atoms with E-state index < -0.39 is 10.0 Å². The SMILES string of the molecule is O=S(=O)(NC(CCCO)c1cccs1)c1ccccc1. The van der Waals surface area contributed by atoms with Gasteiger partial charge in [0.05, 0.1) is 10.9 Å². The molecule has 0 fully saturated rings. The predicted molar refractivity (Wildman–Crippen MR) is 80.1 cm³/mol. The third kappa shape index (κ3) is 3.89. The first-order chi connectivity index (χ1) is 9.63. The molecule has 4 nitrogen and oxygen atoms in total. The van der Waals surface area contributed by atoms with Crippen LogP contribution in [0.5, 0.6) is 0 Å². The van der Waals surface area contributed by atoms with Gasteiger partial charge in [-0.2, -0.15) is 0 Å². The molecule has 0 radical (unpaired) electrons. The van der Waals surface area contributed by atoms with Crippen LogP contribution in [0.3, 0.4) is 0 Å². The van der Waals surface area contributed by atoms with Crippen molar-refractivity contribution in [2.75, 3.05) is 6.61 Å². The van der Waals surface area contributed by atoms with E-state index in [4.69, 9.17) is 5.11 Å². The van der Waals surface area contributed by atoms with E-state index in [2.05, 4.69) is 4.72 Å². The zero-order valence-corrected chi connectivity index (χ0v) is 12.5. The number of hydrogen-bond acceptors (Lipinski definition) is 4. The highest BCUT2D eigenvalue weighted by molar-refractivity contribution is 7.89. The lowest BCUT2D eigenvalue weighted by Crippen LogP contribution is -2.28. The van der Waals surface area contributed by atoms with E-state index in [-0.39, 0.29) is 17.5 Å². The molecule has 1 unspecified atom stereocenters. The van der Waals surface area contributed by atoms with Gasteiger partial charge in [-0.15, -0.1) is 11.3 Å². The molecular weight excluding hydrogens is 294 g/mol. The maximum absolute atomic E-state index is 12.3. The van der Waals surface area contributed by atoms with Crippen LogP contribution in [-0.2, 0) is 10.0 Å². The normalized spacial score (nSPS) is 13.2. The van der Waals surface area contributed by atoms with Crippen molar-refractivity contribution in [2.45, 2.75) is 23.8 Å². The number of thiophene rings is 1. The topological polar surface area (TPSA) is 66.4 Å². The number of benzene rings is 1. The largest absolute Gasteiger partial charge is 0.396 e. The first-order valence-corrected chi connectivity index (χ1v) is 8.71. The lowest BCUT2D eigenvalue weighted by Gasteiger charge is -2.17. The van der Waals surface area contributed by atoms with E-state index in [9.17, 15) is 8.42 Å². The lowest BCUT2D eigenvalue weighted by atomic mass is 10.1. The number of aliphatic hydroxyl groups excluding tert-OH is 1. The van der Waals surface area contributed by atoms with Crippen LogP contribution in [0.2, 0.25) is 0 Å². The van der Waals surface area contributed by atoms with Gasteiger partial charge in [0, 0.05) is 11.5 Å². The standard InChI is InChI=1S/C14H17NO3S2/c16-10-4-8-13(14-9-5-11-19-14)15-20(17,18)12-6-2-1-3-7-12/h1-3,5-7,9,11,13,15-16H,4,8,10H2. The summed E-state index contributed by atoms with van der Waals surface area (Å²) in [6, 6.07) is 11.8. The van der Waals surface area contributed by atoms with Crippen molar-refractivity contribution in [3.63, 3.8) is 0 Å². The molecule has 20 heavy (non-hydrogen) atoms. The van der Waals surface area contributed by atoms with Crippen LogP contribution in [0.25, 0.3) is 0 Å². The summed E-state index contributed by atoms with van der Waals surface area (Å²) in [5.74, 6) is 0. The Morgan fingerprint density at radius 1 is 1.15 bits per heavy atom.